The summed E-state index contributed by atoms with van der Waals surface area (Å²) in [5.41, 5.74) is 0.169. The van der Waals surface area contributed by atoms with E-state index in [0.717, 1.165) is 0 Å². The van der Waals surface area contributed by atoms with Crippen LogP contribution in [0.3, 0.4) is 0 Å². The van der Waals surface area contributed by atoms with Crippen LogP contribution in [-0.2, 0) is 0 Å². The average molecular weight is 279 g/mol. The molecule has 0 fully saturated rings. The maximum atomic E-state index is 12.2. The molecule has 2 rings (SSSR count). The summed E-state index contributed by atoms with van der Waals surface area (Å²) >= 11 is 0. The van der Waals surface area contributed by atoms with Crippen LogP contribution in [0.5, 0.6) is 17.2 Å². The number of hydrogen-bond donors (Lipinski definition) is 2. The van der Waals surface area contributed by atoms with Gasteiger partial charge in [-0.05, 0) is 6.92 Å². The fourth-order valence-corrected chi connectivity index (χ4v) is 2.02. The van der Waals surface area contributed by atoms with Crippen LogP contribution in [0.15, 0.2) is 10.9 Å². The Balaban J connectivity index is 2.84. The van der Waals surface area contributed by atoms with Gasteiger partial charge >= 0.3 is 0 Å². The quantitative estimate of drug-likeness (QED) is 0.860. The number of H-pyrrole nitrogens is 1. The molecule has 0 aliphatic heterocycles. The number of nitrogens with one attached hydrogen (secondary N) is 2. The Morgan fingerprint density at radius 2 is 1.90 bits per heavy atom. The fraction of sp³-hybridized carbons (Fsp3) is 0.385. The molecule has 7 nitrogen and oxygen atoms in total. The highest BCUT2D eigenvalue weighted by atomic mass is 16.5. The smallest absolute Gasteiger partial charge is 0.264 e. The zero-order chi connectivity index (χ0) is 14.7. The molecule has 0 radical (unpaired) electrons. The van der Waals surface area contributed by atoms with Crippen molar-refractivity contribution in [1.82, 2.24) is 9.97 Å². The summed E-state index contributed by atoms with van der Waals surface area (Å²) in [6.07, 6.45) is 0. The van der Waals surface area contributed by atoms with Gasteiger partial charge in [0.05, 0.1) is 26.8 Å². The molecule has 0 bridgehead atoms. The van der Waals surface area contributed by atoms with E-state index in [1.54, 1.807) is 6.07 Å². The molecule has 1 heterocycles. The van der Waals surface area contributed by atoms with Crippen molar-refractivity contribution in [3.8, 4) is 17.2 Å². The Labute approximate surface area is 115 Å². The lowest BCUT2D eigenvalue weighted by atomic mass is 10.2. The summed E-state index contributed by atoms with van der Waals surface area (Å²) in [5, 5.41) is 3.29. The Bertz CT molecular complexity index is 681. The molecule has 0 saturated heterocycles. The molecule has 0 aliphatic carbocycles. The normalized spacial score (nSPS) is 10.4. The minimum atomic E-state index is -0.302. The standard InChI is InChI=1S/C13H17N3O4/c1-5-14-13-15-7-6-8(18-2)10(19-3)11(20-4)9(7)12(17)16-13/h6H,5H2,1-4H3,(H2,14,15,16,17). The molecule has 1 aromatic carbocycles. The van der Waals surface area contributed by atoms with Gasteiger partial charge in [-0.15, -0.1) is 0 Å². The average Bonchev–Trinajstić information content (AvgIpc) is 2.45. The molecule has 0 saturated carbocycles. The molecule has 7 heteroatoms. The Morgan fingerprint density at radius 1 is 1.20 bits per heavy atom. The number of aromatic nitrogens is 2. The number of benzene rings is 1. The number of nitrogens with zero attached hydrogens (tertiary/aromatic N) is 1. The van der Waals surface area contributed by atoms with Gasteiger partial charge in [0.25, 0.3) is 5.56 Å². The molecule has 1 aromatic heterocycles. The van der Waals surface area contributed by atoms with E-state index >= 15 is 0 Å². The highest BCUT2D eigenvalue weighted by Crippen LogP contribution is 2.41. The molecule has 20 heavy (non-hydrogen) atoms. The first kappa shape index (κ1) is 14.0. The van der Waals surface area contributed by atoms with Gasteiger partial charge in [-0.2, -0.15) is 0 Å². The first-order chi connectivity index (χ1) is 9.65. The van der Waals surface area contributed by atoms with Gasteiger partial charge in [-0.3, -0.25) is 9.78 Å². The molecular weight excluding hydrogens is 262 g/mol. The van der Waals surface area contributed by atoms with E-state index < -0.39 is 0 Å². The van der Waals surface area contributed by atoms with Crippen molar-refractivity contribution in [3.05, 3.63) is 16.4 Å². The molecule has 0 unspecified atom stereocenters. The molecule has 108 valence electrons. The fourth-order valence-electron chi connectivity index (χ4n) is 2.02. The van der Waals surface area contributed by atoms with Crippen molar-refractivity contribution in [3.63, 3.8) is 0 Å². The van der Waals surface area contributed by atoms with Crippen molar-refractivity contribution < 1.29 is 14.2 Å². The molecule has 2 N–H and O–H groups in total. The number of aromatic amines is 1. The van der Waals surface area contributed by atoms with Crippen LogP contribution in [0.2, 0.25) is 0 Å². The third kappa shape index (κ3) is 2.22. The SMILES string of the molecule is CCNc1nc2cc(OC)c(OC)c(OC)c2c(=O)[nH]1. The number of hydrogen-bond acceptors (Lipinski definition) is 6. The Kier molecular flexibility index (Phi) is 3.97. The summed E-state index contributed by atoms with van der Waals surface area (Å²) in [6, 6.07) is 1.65. The van der Waals surface area contributed by atoms with Crippen LogP contribution < -0.4 is 25.1 Å². The van der Waals surface area contributed by atoms with Crippen LogP contribution in [-0.4, -0.2) is 37.8 Å². The lowest BCUT2D eigenvalue weighted by molar-refractivity contribution is 0.327. The highest BCUT2D eigenvalue weighted by Gasteiger charge is 2.19. The number of fused-ring (bicyclic) bond motifs is 1. The van der Waals surface area contributed by atoms with Gasteiger partial charge in [0.2, 0.25) is 11.7 Å². The van der Waals surface area contributed by atoms with Gasteiger partial charge in [-0.1, -0.05) is 0 Å². The van der Waals surface area contributed by atoms with Gasteiger partial charge in [0, 0.05) is 12.6 Å². The first-order valence-corrected chi connectivity index (χ1v) is 6.13. The minimum Gasteiger partial charge on any atom is -0.493 e. The third-order valence-corrected chi connectivity index (χ3v) is 2.84. The molecule has 0 amide bonds. The summed E-state index contributed by atoms with van der Waals surface area (Å²) in [5.74, 6) is 1.53. The second-order valence-electron chi connectivity index (χ2n) is 3.98. The predicted octanol–water partition coefficient (Wildman–Crippen LogP) is 1.38. The van der Waals surface area contributed by atoms with E-state index in [9.17, 15) is 4.79 Å². The second kappa shape index (κ2) is 5.68. The van der Waals surface area contributed by atoms with Crippen molar-refractivity contribution in [2.75, 3.05) is 33.2 Å². The predicted molar refractivity (Wildman–Crippen MR) is 76.2 cm³/mol. The first-order valence-electron chi connectivity index (χ1n) is 6.13. The van der Waals surface area contributed by atoms with Crippen molar-refractivity contribution >= 4 is 16.9 Å². The topological polar surface area (TPSA) is 85.5 Å². The lowest BCUT2D eigenvalue weighted by Gasteiger charge is -2.14. The number of ether oxygens (including phenoxy) is 3. The van der Waals surface area contributed by atoms with Crippen molar-refractivity contribution in [2.24, 2.45) is 0 Å². The maximum absolute atomic E-state index is 12.2. The van der Waals surface area contributed by atoms with E-state index in [1.807, 2.05) is 6.92 Å². The van der Waals surface area contributed by atoms with Crippen LogP contribution in [0.4, 0.5) is 5.95 Å². The number of anilines is 1. The minimum absolute atomic E-state index is 0.302. The molecule has 2 aromatic rings. The summed E-state index contributed by atoms with van der Waals surface area (Å²) < 4.78 is 15.8. The van der Waals surface area contributed by atoms with Crippen LogP contribution in [0.1, 0.15) is 6.92 Å². The Morgan fingerprint density at radius 3 is 2.45 bits per heavy atom. The number of methoxy groups -OCH3 is 3. The van der Waals surface area contributed by atoms with Crippen LogP contribution in [0, 0.1) is 0 Å². The third-order valence-electron chi connectivity index (χ3n) is 2.84. The molecule has 0 aliphatic rings. The number of rotatable bonds is 5. The zero-order valence-corrected chi connectivity index (χ0v) is 11.9. The summed E-state index contributed by atoms with van der Waals surface area (Å²) in [4.78, 5) is 19.2. The molecular formula is C13H17N3O4. The van der Waals surface area contributed by atoms with E-state index in [0.29, 0.717) is 40.6 Å². The van der Waals surface area contributed by atoms with Gasteiger partial charge in [0.15, 0.2) is 11.5 Å². The monoisotopic (exact) mass is 279 g/mol. The Hall–Kier alpha value is -2.44. The van der Waals surface area contributed by atoms with E-state index in [1.165, 1.54) is 21.3 Å². The zero-order valence-electron chi connectivity index (χ0n) is 11.9. The van der Waals surface area contributed by atoms with Gasteiger partial charge in [0.1, 0.15) is 5.39 Å². The van der Waals surface area contributed by atoms with Crippen LogP contribution in [0.25, 0.3) is 10.9 Å². The van der Waals surface area contributed by atoms with E-state index in [2.05, 4.69) is 15.3 Å². The summed E-state index contributed by atoms with van der Waals surface area (Å²) in [6.45, 7) is 2.57. The van der Waals surface area contributed by atoms with E-state index in [4.69, 9.17) is 14.2 Å². The second-order valence-corrected chi connectivity index (χ2v) is 3.98. The van der Waals surface area contributed by atoms with Crippen LogP contribution >= 0.6 is 0 Å². The summed E-state index contributed by atoms with van der Waals surface area (Å²) in [7, 11) is 4.47. The van der Waals surface area contributed by atoms with Gasteiger partial charge in [-0.25, -0.2) is 4.98 Å². The largest absolute Gasteiger partial charge is 0.493 e. The van der Waals surface area contributed by atoms with Gasteiger partial charge < -0.3 is 19.5 Å². The maximum Gasteiger partial charge on any atom is 0.264 e. The molecule has 0 spiro atoms. The molecule has 0 atom stereocenters. The van der Waals surface area contributed by atoms with E-state index in [-0.39, 0.29) is 5.56 Å². The highest BCUT2D eigenvalue weighted by molar-refractivity contribution is 5.90. The van der Waals surface area contributed by atoms with Crippen molar-refractivity contribution in [2.45, 2.75) is 6.92 Å². The van der Waals surface area contributed by atoms with Crippen molar-refractivity contribution in [1.29, 1.82) is 0 Å². The lowest BCUT2D eigenvalue weighted by Crippen LogP contribution is -2.14.